The fourth-order valence-electron chi connectivity index (χ4n) is 4.50. The Labute approximate surface area is 182 Å². The van der Waals surface area contributed by atoms with Gasteiger partial charge < -0.3 is 9.64 Å². The molecule has 0 saturated heterocycles. The summed E-state index contributed by atoms with van der Waals surface area (Å²) in [5.74, 6) is 1.82. The van der Waals surface area contributed by atoms with Crippen molar-refractivity contribution >= 4 is 33.3 Å². The number of anilines is 1. The average molecular weight is 416 g/mol. The Bertz CT molecular complexity index is 1230. The van der Waals surface area contributed by atoms with E-state index < -0.39 is 0 Å². The molecule has 4 heteroatoms. The Balaban J connectivity index is 1.52. The molecule has 1 aliphatic heterocycles. The molecule has 0 saturated carbocycles. The molecule has 0 N–H and O–H groups in total. The lowest BCUT2D eigenvalue weighted by Crippen LogP contribution is -2.29. The summed E-state index contributed by atoms with van der Waals surface area (Å²) in [5.41, 5.74) is 5.31. The molecule has 2 aromatic carbocycles. The maximum absolute atomic E-state index is 6.13. The molecule has 0 spiro atoms. The first-order valence-electron chi connectivity index (χ1n) is 10.4. The molecule has 0 fully saturated rings. The first kappa shape index (κ1) is 19.1. The van der Waals surface area contributed by atoms with Crippen LogP contribution in [0.5, 0.6) is 5.75 Å². The normalized spacial score (nSPS) is 20.5. The summed E-state index contributed by atoms with van der Waals surface area (Å²) >= 11 is 1.85. The largest absolute Gasteiger partial charge is 0.439 e. The number of thiazole rings is 1. The van der Waals surface area contributed by atoms with Crippen LogP contribution in [0.2, 0.25) is 0 Å². The molecule has 0 amide bonds. The van der Waals surface area contributed by atoms with Gasteiger partial charge in [-0.1, -0.05) is 55.5 Å². The van der Waals surface area contributed by atoms with Crippen LogP contribution in [0.4, 0.5) is 5.69 Å². The van der Waals surface area contributed by atoms with Gasteiger partial charge in [0.15, 0.2) is 5.75 Å². The highest BCUT2D eigenvalue weighted by molar-refractivity contribution is 7.18. The van der Waals surface area contributed by atoms with Gasteiger partial charge in [0.25, 0.3) is 5.01 Å². The number of benzene rings is 2. The lowest BCUT2D eigenvalue weighted by molar-refractivity contribution is -0.642. The molecule has 0 atom stereocenters. The van der Waals surface area contributed by atoms with E-state index >= 15 is 0 Å². The topological polar surface area (TPSA) is 16.4 Å². The molecule has 2 heterocycles. The van der Waals surface area contributed by atoms with E-state index in [0.717, 1.165) is 30.2 Å². The highest BCUT2D eigenvalue weighted by Gasteiger charge is 2.28. The van der Waals surface area contributed by atoms with Crippen LogP contribution in [0.15, 0.2) is 77.7 Å². The maximum Gasteiger partial charge on any atom is 0.262 e. The zero-order chi connectivity index (χ0) is 20.9. The molecule has 0 unspecified atom stereocenters. The predicted octanol–water partition coefficient (Wildman–Crippen LogP) is 6.23. The first-order valence-corrected chi connectivity index (χ1v) is 11.2. The minimum atomic E-state index is 0.215. The van der Waals surface area contributed by atoms with Crippen LogP contribution < -0.4 is 14.2 Å². The summed E-state index contributed by atoms with van der Waals surface area (Å²) in [6.45, 7) is 4.70. The molecule has 3 nitrogen and oxygen atoms in total. The van der Waals surface area contributed by atoms with Crippen molar-refractivity contribution < 1.29 is 9.30 Å². The summed E-state index contributed by atoms with van der Waals surface area (Å²) < 4.78 is 9.75. The molecule has 30 heavy (non-hydrogen) atoms. The third-order valence-corrected chi connectivity index (χ3v) is 7.06. The number of ether oxygens (including phenoxy) is 1. The number of fused-ring (bicyclic) bond motifs is 2. The number of rotatable bonds is 2. The van der Waals surface area contributed by atoms with Gasteiger partial charge in [0, 0.05) is 25.3 Å². The van der Waals surface area contributed by atoms with E-state index in [-0.39, 0.29) is 5.41 Å². The number of hydrogen-bond acceptors (Lipinski definition) is 3. The minimum Gasteiger partial charge on any atom is -0.439 e. The second kappa shape index (κ2) is 7.13. The van der Waals surface area contributed by atoms with Crippen LogP contribution in [0.1, 0.15) is 31.7 Å². The third-order valence-electron chi connectivity index (χ3n) is 5.90. The lowest BCUT2D eigenvalue weighted by atomic mass is 9.75. The van der Waals surface area contributed by atoms with Crippen molar-refractivity contribution in [2.45, 2.75) is 26.7 Å². The summed E-state index contributed by atoms with van der Waals surface area (Å²) in [6.07, 6.45) is 9.03. The van der Waals surface area contributed by atoms with E-state index in [9.17, 15) is 0 Å². The molecule has 152 valence electrons. The van der Waals surface area contributed by atoms with Gasteiger partial charge in [0.05, 0.1) is 5.69 Å². The number of aromatic nitrogens is 1. The quantitative estimate of drug-likeness (QED) is 0.462. The molecule has 0 bridgehead atoms. The standard InChI is InChI=1S/C26H27N2OS/c1-26(2)16-18(14-24-27(3)20-9-5-7-11-22(20)29-24)13-19(17-26)15-25-28(4)21-10-6-8-12-23(21)30-25/h5-15H,16-17H2,1-4H3/q+1. The molecule has 1 aromatic heterocycles. The van der Waals surface area contributed by atoms with E-state index in [1.54, 1.807) is 0 Å². The summed E-state index contributed by atoms with van der Waals surface area (Å²) in [6, 6.07) is 16.8. The zero-order valence-corrected chi connectivity index (χ0v) is 18.8. The van der Waals surface area contributed by atoms with Gasteiger partial charge in [0.1, 0.15) is 11.7 Å². The number of allylic oxidation sites excluding steroid dienone is 4. The molecular formula is C26H27N2OS+. The van der Waals surface area contributed by atoms with Crippen molar-refractivity contribution in [3.8, 4) is 5.75 Å². The van der Waals surface area contributed by atoms with Crippen LogP contribution in [-0.4, -0.2) is 7.05 Å². The molecule has 0 radical (unpaired) electrons. The summed E-state index contributed by atoms with van der Waals surface area (Å²) in [4.78, 5) is 2.13. The van der Waals surface area contributed by atoms with Crippen LogP contribution >= 0.6 is 11.3 Å². The Morgan fingerprint density at radius 1 is 1.03 bits per heavy atom. The number of hydrogen-bond donors (Lipinski definition) is 0. The molecule has 5 rings (SSSR count). The second-order valence-corrected chi connectivity index (χ2v) is 10.1. The highest BCUT2D eigenvalue weighted by atomic mass is 32.1. The smallest absolute Gasteiger partial charge is 0.262 e. The van der Waals surface area contributed by atoms with Gasteiger partial charge >= 0.3 is 0 Å². The lowest BCUT2D eigenvalue weighted by Gasteiger charge is -2.30. The molecule has 1 aliphatic carbocycles. The van der Waals surface area contributed by atoms with Gasteiger partial charge in [-0.05, 0) is 47.6 Å². The van der Waals surface area contributed by atoms with Crippen molar-refractivity contribution in [2.24, 2.45) is 12.5 Å². The van der Waals surface area contributed by atoms with Crippen molar-refractivity contribution in [1.82, 2.24) is 0 Å². The number of para-hydroxylation sites is 3. The Morgan fingerprint density at radius 3 is 2.60 bits per heavy atom. The van der Waals surface area contributed by atoms with Crippen LogP contribution in [-0.2, 0) is 7.05 Å². The summed E-state index contributed by atoms with van der Waals surface area (Å²) in [7, 11) is 4.23. The van der Waals surface area contributed by atoms with E-state index in [1.165, 1.54) is 26.4 Å². The van der Waals surface area contributed by atoms with Gasteiger partial charge in [-0.3, -0.25) is 0 Å². The fourth-order valence-corrected chi connectivity index (χ4v) is 5.63. The fraction of sp³-hybridized carbons (Fsp3) is 0.269. The molecule has 3 aromatic rings. The van der Waals surface area contributed by atoms with E-state index in [4.69, 9.17) is 4.74 Å². The van der Waals surface area contributed by atoms with Crippen LogP contribution in [0.3, 0.4) is 0 Å². The molecular weight excluding hydrogens is 388 g/mol. The Hall–Kier alpha value is -2.85. The maximum atomic E-state index is 6.13. The highest BCUT2D eigenvalue weighted by Crippen LogP contribution is 2.42. The third kappa shape index (κ3) is 3.46. The van der Waals surface area contributed by atoms with Crippen molar-refractivity contribution in [3.05, 3.63) is 82.7 Å². The Morgan fingerprint density at radius 2 is 1.80 bits per heavy atom. The van der Waals surface area contributed by atoms with E-state index in [0.29, 0.717) is 0 Å². The Kier molecular flexibility index (Phi) is 4.55. The van der Waals surface area contributed by atoms with Crippen molar-refractivity contribution in [1.29, 1.82) is 0 Å². The summed E-state index contributed by atoms with van der Waals surface area (Å²) in [5, 5.41) is 1.29. The second-order valence-electron chi connectivity index (χ2n) is 9.03. The van der Waals surface area contributed by atoms with Gasteiger partial charge in [0.2, 0.25) is 11.4 Å². The number of aryl methyl sites for hydroxylation is 1. The van der Waals surface area contributed by atoms with Crippen molar-refractivity contribution in [2.75, 3.05) is 11.9 Å². The molecule has 2 aliphatic rings. The monoisotopic (exact) mass is 415 g/mol. The van der Waals surface area contributed by atoms with Gasteiger partial charge in [-0.25, -0.2) is 0 Å². The average Bonchev–Trinajstić information content (AvgIpc) is 3.18. The van der Waals surface area contributed by atoms with Crippen LogP contribution in [0, 0.1) is 5.41 Å². The minimum absolute atomic E-state index is 0.215. The van der Waals surface area contributed by atoms with E-state index in [1.807, 2.05) is 23.5 Å². The predicted molar refractivity (Wildman–Crippen MR) is 126 cm³/mol. The van der Waals surface area contributed by atoms with Crippen molar-refractivity contribution in [3.63, 3.8) is 0 Å². The van der Waals surface area contributed by atoms with E-state index in [2.05, 4.69) is 92.0 Å². The van der Waals surface area contributed by atoms with Gasteiger partial charge in [-0.15, -0.1) is 0 Å². The first-order chi connectivity index (χ1) is 14.4. The van der Waals surface area contributed by atoms with Crippen LogP contribution in [0.25, 0.3) is 16.3 Å². The number of nitrogens with zero attached hydrogens (tertiary/aromatic N) is 2. The SMILES string of the molecule is CN1C(=CC2=CC(=Cc3sc4ccccc4[n+]3C)CC(C)(C)C2)Oc2ccccc21. The van der Waals surface area contributed by atoms with Gasteiger partial charge in [-0.2, -0.15) is 4.57 Å². The zero-order valence-electron chi connectivity index (χ0n) is 18.0.